The number of carbonyl (C=O) groups excluding carboxylic acids is 3. The summed E-state index contributed by atoms with van der Waals surface area (Å²) in [6.07, 6.45) is 0. The molecule has 2 amide bonds. The molecule has 2 aromatic carbocycles. The van der Waals surface area contributed by atoms with Gasteiger partial charge in [0.2, 0.25) is 0 Å². The van der Waals surface area contributed by atoms with Crippen molar-refractivity contribution in [3.63, 3.8) is 0 Å². The molecule has 0 bridgehead atoms. The molecule has 0 fully saturated rings. The second-order valence-corrected chi connectivity index (χ2v) is 6.79. The molecule has 0 spiro atoms. The fourth-order valence-electron chi connectivity index (χ4n) is 3.11. The van der Waals surface area contributed by atoms with Crippen LogP contribution in [0.15, 0.2) is 59.8 Å². The Balaban J connectivity index is 1.89. The predicted molar refractivity (Wildman–Crippen MR) is 112 cm³/mol. The number of carbonyl (C=O) groups is 3. The summed E-state index contributed by atoms with van der Waals surface area (Å²) in [5, 5.41) is 14.9. The lowest BCUT2D eigenvalue weighted by Crippen LogP contribution is -2.31. The average Bonchev–Trinajstić information content (AvgIpc) is 3.05. The summed E-state index contributed by atoms with van der Waals surface area (Å²) < 4.78 is 4.79. The zero-order chi connectivity index (χ0) is 21.7. The molecule has 3 N–H and O–H groups in total. The number of methoxy groups -OCH3 is 1. The van der Waals surface area contributed by atoms with E-state index in [9.17, 15) is 19.5 Å². The second kappa shape index (κ2) is 9.23. The van der Waals surface area contributed by atoms with Crippen molar-refractivity contribution in [2.24, 2.45) is 0 Å². The van der Waals surface area contributed by atoms with Gasteiger partial charge in [-0.15, -0.1) is 0 Å². The van der Waals surface area contributed by atoms with Gasteiger partial charge in [0.1, 0.15) is 5.70 Å². The number of aryl methyl sites for hydroxylation is 1. The third-order valence-corrected chi connectivity index (χ3v) is 4.69. The molecule has 1 aliphatic rings. The molecule has 8 heteroatoms. The Morgan fingerprint density at radius 3 is 2.50 bits per heavy atom. The van der Waals surface area contributed by atoms with Crippen molar-refractivity contribution >= 4 is 29.2 Å². The first-order valence-electron chi connectivity index (χ1n) is 9.40. The molecular formula is C22H23N3O5. The normalized spacial score (nSPS) is 13.4. The Kier molecular flexibility index (Phi) is 6.48. The zero-order valence-electron chi connectivity index (χ0n) is 16.8. The molecule has 2 aromatic rings. The van der Waals surface area contributed by atoms with E-state index >= 15 is 0 Å². The highest BCUT2D eigenvalue weighted by Gasteiger charge is 2.34. The van der Waals surface area contributed by atoms with Crippen molar-refractivity contribution in [1.29, 1.82) is 0 Å². The predicted octanol–water partition coefficient (Wildman–Crippen LogP) is 1.92. The molecule has 156 valence electrons. The molecule has 1 heterocycles. The van der Waals surface area contributed by atoms with Gasteiger partial charge in [-0.25, -0.2) is 4.79 Å². The van der Waals surface area contributed by atoms with Crippen LogP contribution in [0.1, 0.15) is 15.9 Å². The lowest BCUT2D eigenvalue weighted by molar-refractivity contribution is -0.136. The standard InChI is InChI=1S/C22H23N3O5/c1-14-7-9-15(10-8-14)23-20(27)16-5-3-4-6-18(16)24-19-17(22(29)30-2)13-25(11-12-26)21(19)28/h3-10,24,26H,11-13H2,1-2H3,(H,23,27). The third kappa shape index (κ3) is 4.49. The number of hydrogen-bond donors (Lipinski definition) is 3. The molecule has 0 aromatic heterocycles. The summed E-state index contributed by atoms with van der Waals surface area (Å²) in [5.74, 6) is -1.45. The number of benzene rings is 2. The molecule has 8 nitrogen and oxygen atoms in total. The lowest BCUT2D eigenvalue weighted by atomic mass is 10.1. The Morgan fingerprint density at radius 1 is 1.13 bits per heavy atom. The molecule has 0 saturated carbocycles. The first kappa shape index (κ1) is 21.1. The van der Waals surface area contributed by atoms with Gasteiger partial charge in [0.15, 0.2) is 0 Å². The van der Waals surface area contributed by atoms with E-state index in [-0.39, 0.29) is 36.9 Å². The van der Waals surface area contributed by atoms with Crippen LogP contribution in [-0.4, -0.2) is 54.6 Å². The van der Waals surface area contributed by atoms with Gasteiger partial charge in [-0.2, -0.15) is 0 Å². The van der Waals surface area contributed by atoms with Gasteiger partial charge in [0.25, 0.3) is 11.8 Å². The van der Waals surface area contributed by atoms with Crippen LogP contribution >= 0.6 is 0 Å². The van der Waals surface area contributed by atoms with Crippen LogP contribution in [0.4, 0.5) is 11.4 Å². The van der Waals surface area contributed by atoms with Gasteiger partial charge in [-0.05, 0) is 31.2 Å². The largest absolute Gasteiger partial charge is 0.466 e. The number of amides is 2. The summed E-state index contributed by atoms with van der Waals surface area (Å²) in [6.45, 7) is 1.82. The fourth-order valence-corrected chi connectivity index (χ4v) is 3.11. The summed E-state index contributed by atoms with van der Waals surface area (Å²) in [7, 11) is 1.23. The highest BCUT2D eigenvalue weighted by molar-refractivity contribution is 6.11. The number of β-amino-alcohol motifs (C(OH)–C–C–N with tert-alkyl or cyclic N) is 1. The van der Waals surface area contributed by atoms with Gasteiger partial charge in [-0.1, -0.05) is 29.8 Å². The van der Waals surface area contributed by atoms with Crippen LogP contribution in [0.2, 0.25) is 0 Å². The molecule has 30 heavy (non-hydrogen) atoms. The summed E-state index contributed by atoms with van der Waals surface area (Å²) in [5.41, 5.74) is 2.57. The lowest BCUT2D eigenvalue weighted by Gasteiger charge is -2.16. The minimum absolute atomic E-state index is 0.0200. The summed E-state index contributed by atoms with van der Waals surface area (Å²) >= 11 is 0. The maximum absolute atomic E-state index is 12.8. The SMILES string of the molecule is COC(=O)C1=C(Nc2ccccc2C(=O)Nc2ccc(C)cc2)C(=O)N(CCO)C1. The molecule has 3 rings (SSSR count). The molecular weight excluding hydrogens is 386 g/mol. The van der Waals surface area contributed by atoms with E-state index in [0.29, 0.717) is 16.9 Å². The van der Waals surface area contributed by atoms with Crippen LogP contribution in [0, 0.1) is 6.92 Å². The highest BCUT2D eigenvalue weighted by Crippen LogP contribution is 2.25. The van der Waals surface area contributed by atoms with Crippen LogP contribution in [0.5, 0.6) is 0 Å². The number of esters is 1. The Hall–Kier alpha value is -3.65. The van der Waals surface area contributed by atoms with Crippen LogP contribution in [-0.2, 0) is 14.3 Å². The number of nitrogens with zero attached hydrogens (tertiary/aromatic N) is 1. The topological polar surface area (TPSA) is 108 Å². The van der Waals surface area contributed by atoms with E-state index in [0.717, 1.165) is 5.56 Å². The van der Waals surface area contributed by atoms with Gasteiger partial charge in [0.05, 0.1) is 37.1 Å². The molecule has 0 atom stereocenters. The van der Waals surface area contributed by atoms with Crippen LogP contribution in [0.3, 0.4) is 0 Å². The Morgan fingerprint density at radius 2 is 1.83 bits per heavy atom. The highest BCUT2D eigenvalue weighted by atomic mass is 16.5. The van der Waals surface area contributed by atoms with E-state index in [1.54, 1.807) is 36.4 Å². The van der Waals surface area contributed by atoms with Crippen molar-refractivity contribution in [2.75, 3.05) is 37.4 Å². The minimum atomic E-state index is -0.645. The first-order chi connectivity index (χ1) is 14.4. The molecule has 0 radical (unpaired) electrons. The van der Waals surface area contributed by atoms with Gasteiger partial charge >= 0.3 is 5.97 Å². The first-order valence-corrected chi connectivity index (χ1v) is 9.40. The maximum Gasteiger partial charge on any atom is 0.337 e. The summed E-state index contributed by atoms with van der Waals surface area (Å²) in [6, 6.07) is 14.1. The molecule has 0 unspecified atom stereocenters. The quantitative estimate of drug-likeness (QED) is 0.603. The fraction of sp³-hybridized carbons (Fsp3) is 0.227. The van der Waals surface area contributed by atoms with E-state index in [1.165, 1.54) is 12.0 Å². The maximum atomic E-state index is 12.8. The van der Waals surface area contributed by atoms with Crippen molar-refractivity contribution in [2.45, 2.75) is 6.92 Å². The smallest absolute Gasteiger partial charge is 0.337 e. The molecule has 1 aliphatic heterocycles. The van der Waals surface area contributed by atoms with Gasteiger partial charge in [0, 0.05) is 12.2 Å². The van der Waals surface area contributed by atoms with Gasteiger partial charge < -0.3 is 25.4 Å². The second-order valence-electron chi connectivity index (χ2n) is 6.79. The number of aliphatic hydroxyl groups excluding tert-OH is 1. The van der Waals surface area contributed by atoms with Gasteiger partial charge in [-0.3, -0.25) is 9.59 Å². The van der Waals surface area contributed by atoms with E-state index < -0.39 is 11.9 Å². The Labute approximate surface area is 174 Å². The van der Waals surface area contributed by atoms with Crippen molar-refractivity contribution in [3.05, 3.63) is 70.9 Å². The van der Waals surface area contributed by atoms with E-state index in [1.807, 2.05) is 19.1 Å². The minimum Gasteiger partial charge on any atom is -0.466 e. The number of para-hydroxylation sites is 1. The number of rotatable bonds is 7. The third-order valence-electron chi connectivity index (χ3n) is 4.69. The number of ether oxygens (including phenoxy) is 1. The van der Waals surface area contributed by atoms with Crippen molar-refractivity contribution < 1.29 is 24.2 Å². The van der Waals surface area contributed by atoms with Crippen molar-refractivity contribution in [3.8, 4) is 0 Å². The van der Waals surface area contributed by atoms with E-state index in [2.05, 4.69) is 10.6 Å². The monoisotopic (exact) mass is 409 g/mol. The van der Waals surface area contributed by atoms with Crippen LogP contribution in [0.25, 0.3) is 0 Å². The van der Waals surface area contributed by atoms with E-state index in [4.69, 9.17) is 4.74 Å². The number of hydrogen-bond acceptors (Lipinski definition) is 6. The van der Waals surface area contributed by atoms with Crippen LogP contribution < -0.4 is 10.6 Å². The Bertz CT molecular complexity index is 998. The number of nitrogens with one attached hydrogen (secondary N) is 2. The average molecular weight is 409 g/mol. The zero-order valence-corrected chi connectivity index (χ0v) is 16.8. The number of aliphatic hydroxyl groups is 1. The van der Waals surface area contributed by atoms with Crippen molar-refractivity contribution in [1.82, 2.24) is 4.90 Å². The molecule has 0 aliphatic carbocycles. The summed E-state index contributed by atoms with van der Waals surface area (Å²) in [4.78, 5) is 39.0. The number of anilines is 2. The molecule has 0 saturated heterocycles.